The maximum Gasteiger partial charge on any atom is 0.0952 e. The van der Waals surface area contributed by atoms with Crippen molar-refractivity contribution in [1.82, 2.24) is 10.2 Å². The number of halogens is 1. The molecule has 0 aromatic rings. The Bertz CT molecular complexity index is 594. The molecule has 0 aromatic heterocycles. The Balaban J connectivity index is 2.13. The number of hydrogen-bond acceptors (Lipinski definition) is 3. The van der Waals surface area contributed by atoms with E-state index in [2.05, 4.69) is 93.1 Å². The molecule has 3 N–H and O–H groups in total. The van der Waals surface area contributed by atoms with E-state index < -0.39 is 0 Å². The maximum atomic E-state index is 6.31. The van der Waals surface area contributed by atoms with Gasteiger partial charge < -0.3 is 16.0 Å². The standard InChI is InChI=1S/C22H38IN3/c1-9-14(4)21(23)22(7)12-18(22)19-10-15(5)17(16(6)25-19)11-20(24)26(8)13(2)3/h10-11,13-15,17-18,21,25H,6,9,12,24H2,1-5,7-8H3/b20-11+/t14-,15+,17+,18+,21+,22-/m0/s1. The molecule has 2 rings (SSSR count). The third-order valence-corrected chi connectivity index (χ3v) is 9.33. The van der Waals surface area contributed by atoms with Crippen LogP contribution in [0, 0.1) is 29.1 Å². The van der Waals surface area contributed by atoms with Crippen LogP contribution >= 0.6 is 22.6 Å². The summed E-state index contributed by atoms with van der Waals surface area (Å²) in [6, 6.07) is 0.394. The predicted octanol–water partition coefficient (Wildman–Crippen LogP) is 5.26. The fourth-order valence-electron chi connectivity index (χ4n) is 4.08. The number of rotatable bonds is 7. The number of allylic oxidation sites excluding steroid dienone is 3. The SMILES string of the molecule is C=C1NC([C@H]2C[C@]2(C)[C@H](I)[C@@H](C)CC)=C[C@@H](C)[C@H]1/C=C(\N)N(C)C(C)C. The Morgan fingerprint density at radius 3 is 2.62 bits per heavy atom. The second-order valence-electron chi connectivity index (χ2n) is 9.00. The molecule has 4 heteroatoms. The van der Waals surface area contributed by atoms with E-state index in [0.717, 1.165) is 17.4 Å². The lowest BCUT2D eigenvalue weighted by molar-refractivity contribution is 0.334. The minimum Gasteiger partial charge on any atom is -0.386 e. The summed E-state index contributed by atoms with van der Waals surface area (Å²) >= 11 is 2.68. The summed E-state index contributed by atoms with van der Waals surface area (Å²) in [6.45, 7) is 18.1. The van der Waals surface area contributed by atoms with Crippen LogP contribution in [0.15, 0.2) is 35.9 Å². The number of hydrogen-bond donors (Lipinski definition) is 2. The van der Waals surface area contributed by atoms with Crippen LogP contribution in [-0.4, -0.2) is 21.9 Å². The van der Waals surface area contributed by atoms with Crippen molar-refractivity contribution >= 4 is 22.6 Å². The van der Waals surface area contributed by atoms with Crippen molar-refractivity contribution in [1.29, 1.82) is 0 Å². The molecule has 0 unspecified atom stereocenters. The smallest absolute Gasteiger partial charge is 0.0952 e. The largest absolute Gasteiger partial charge is 0.386 e. The minimum atomic E-state index is 0.245. The highest BCUT2D eigenvalue weighted by Crippen LogP contribution is 2.62. The first-order valence-corrected chi connectivity index (χ1v) is 11.3. The third kappa shape index (κ3) is 4.26. The fraction of sp³-hybridized carbons (Fsp3) is 0.727. The molecule has 0 spiro atoms. The zero-order chi connectivity index (χ0) is 19.8. The molecule has 0 radical (unpaired) electrons. The monoisotopic (exact) mass is 471 g/mol. The molecule has 0 saturated heterocycles. The summed E-state index contributed by atoms with van der Waals surface area (Å²) in [4.78, 5) is 2.12. The molecule has 2 aliphatic rings. The van der Waals surface area contributed by atoms with Gasteiger partial charge in [-0.05, 0) is 43.6 Å². The highest BCUT2D eigenvalue weighted by Gasteiger charge is 2.57. The molecular formula is C22H38IN3. The van der Waals surface area contributed by atoms with Crippen LogP contribution in [0.25, 0.3) is 0 Å². The van der Waals surface area contributed by atoms with E-state index in [4.69, 9.17) is 5.73 Å². The zero-order valence-electron chi connectivity index (χ0n) is 17.6. The molecule has 0 amide bonds. The van der Waals surface area contributed by atoms with Crippen LogP contribution in [0.2, 0.25) is 0 Å². The first-order valence-electron chi connectivity index (χ1n) is 10.0. The minimum absolute atomic E-state index is 0.245. The van der Waals surface area contributed by atoms with Crippen LogP contribution in [0.3, 0.4) is 0 Å². The lowest BCUT2D eigenvalue weighted by Gasteiger charge is -2.33. The first-order chi connectivity index (χ1) is 12.0. The fourth-order valence-corrected chi connectivity index (χ4v) is 5.27. The predicted molar refractivity (Wildman–Crippen MR) is 122 cm³/mol. The molecule has 1 aliphatic carbocycles. The van der Waals surface area contributed by atoms with Crippen LogP contribution < -0.4 is 11.1 Å². The lowest BCUT2D eigenvalue weighted by atomic mass is 9.84. The van der Waals surface area contributed by atoms with Gasteiger partial charge in [0, 0.05) is 40.2 Å². The van der Waals surface area contributed by atoms with Crippen LogP contribution in [0.1, 0.15) is 54.4 Å². The Kier molecular flexibility index (Phi) is 6.79. The van der Waals surface area contributed by atoms with Gasteiger partial charge in [0.1, 0.15) is 0 Å². The number of nitrogens with two attached hydrogens (primary N) is 1. The molecule has 1 saturated carbocycles. The summed E-state index contributed by atoms with van der Waals surface area (Å²) in [7, 11) is 2.05. The van der Waals surface area contributed by atoms with E-state index in [-0.39, 0.29) is 5.92 Å². The molecule has 148 valence electrons. The second-order valence-corrected chi connectivity index (χ2v) is 10.3. The summed E-state index contributed by atoms with van der Waals surface area (Å²) in [5, 5.41) is 3.64. The van der Waals surface area contributed by atoms with Gasteiger partial charge >= 0.3 is 0 Å². The van der Waals surface area contributed by atoms with Gasteiger partial charge in [-0.1, -0.05) is 69.4 Å². The maximum absolute atomic E-state index is 6.31. The van der Waals surface area contributed by atoms with Crippen molar-refractivity contribution in [2.24, 2.45) is 34.8 Å². The van der Waals surface area contributed by atoms with Crippen molar-refractivity contribution in [3.8, 4) is 0 Å². The Labute approximate surface area is 174 Å². The van der Waals surface area contributed by atoms with Crippen molar-refractivity contribution in [2.75, 3.05) is 7.05 Å². The molecule has 0 aromatic carbocycles. The average Bonchev–Trinajstić information content (AvgIpc) is 3.28. The molecule has 1 heterocycles. The third-order valence-electron chi connectivity index (χ3n) is 6.68. The zero-order valence-corrected chi connectivity index (χ0v) is 19.8. The molecule has 0 bridgehead atoms. The van der Waals surface area contributed by atoms with Gasteiger partial charge in [0.15, 0.2) is 0 Å². The van der Waals surface area contributed by atoms with Gasteiger partial charge in [-0.3, -0.25) is 0 Å². The molecule has 1 aliphatic heterocycles. The lowest BCUT2D eigenvalue weighted by Crippen LogP contribution is -2.34. The quantitative estimate of drug-likeness (QED) is 0.393. The number of nitrogens with one attached hydrogen (secondary N) is 1. The van der Waals surface area contributed by atoms with E-state index in [9.17, 15) is 0 Å². The Hall–Kier alpha value is -0.650. The van der Waals surface area contributed by atoms with Gasteiger partial charge in [0.2, 0.25) is 0 Å². The van der Waals surface area contributed by atoms with E-state index >= 15 is 0 Å². The van der Waals surface area contributed by atoms with Crippen LogP contribution in [0.4, 0.5) is 0 Å². The topological polar surface area (TPSA) is 41.3 Å². The van der Waals surface area contributed by atoms with Gasteiger partial charge in [-0.25, -0.2) is 0 Å². The van der Waals surface area contributed by atoms with Crippen LogP contribution in [0.5, 0.6) is 0 Å². The first kappa shape index (κ1) is 21.6. The molecule has 6 atom stereocenters. The Morgan fingerprint density at radius 1 is 1.50 bits per heavy atom. The van der Waals surface area contributed by atoms with Gasteiger partial charge in [-0.15, -0.1) is 0 Å². The number of alkyl halides is 1. The highest BCUT2D eigenvalue weighted by molar-refractivity contribution is 14.1. The van der Waals surface area contributed by atoms with E-state index in [1.807, 2.05) is 7.05 Å². The molecule has 1 fully saturated rings. The molecule has 3 nitrogen and oxygen atoms in total. The second kappa shape index (κ2) is 8.15. The van der Waals surface area contributed by atoms with Crippen molar-refractivity contribution < 1.29 is 0 Å². The molecular weight excluding hydrogens is 433 g/mol. The van der Waals surface area contributed by atoms with E-state index in [0.29, 0.717) is 27.2 Å². The summed E-state index contributed by atoms with van der Waals surface area (Å²) in [5.41, 5.74) is 9.19. The van der Waals surface area contributed by atoms with Crippen molar-refractivity contribution in [3.05, 3.63) is 35.9 Å². The van der Waals surface area contributed by atoms with Crippen molar-refractivity contribution in [2.45, 2.75) is 64.4 Å². The van der Waals surface area contributed by atoms with Crippen LogP contribution in [-0.2, 0) is 0 Å². The van der Waals surface area contributed by atoms with Crippen molar-refractivity contribution in [3.63, 3.8) is 0 Å². The Morgan fingerprint density at radius 2 is 2.12 bits per heavy atom. The average molecular weight is 471 g/mol. The van der Waals surface area contributed by atoms with Gasteiger partial charge in [-0.2, -0.15) is 0 Å². The van der Waals surface area contributed by atoms with E-state index in [1.165, 1.54) is 18.5 Å². The number of nitrogens with zero attached hydrogens (tertiary/aromatic N) is 1. The summed E-state index contributed by atoms with van der Waals surface area (Å²) < 4.78 is 0.717. The summed E-state index contributed by atoms with van der Waals surface area (Å²) in [5.74, 6) is 2.89. The summed E-state index contributed by atoms with van der Waals surface area (Å²) in [6.07, 6.45) is 7.12. The molecule has 26 heavy (non-hydrogen) atoms. The highest BCUT2D eigenvalue weighted by atomic mass is 127. The normalized spacial score (nSPS) is 34.2. The van der Waals surface area contributed by atoms with Gasteiger partial charge in [0.25, 0.3) is 0 Å². The van der Waals surface area contributed by atoms with Gasteiger partial charge in [0.05, 0.1) is 5.82 Å². The van der Waals surface area contributed by atoms with E-state index in [1.54, 1.807) is 0 Å².